The van der Waals surface area contributed by atoms with Crippen LogP contribution in [0.4, 0.5) is 4.39 Å². The molecular weight excluding hydrogens is 361 g/mol. The van der Waals surface area contributed by atoms with Crippen molar-refractivity contribution in [3.63, 3.8) is 0 Å². The molecule has 0 aliphatic heterocycles. The van der Waals surface area contributed by atoms with E-state index in [2.05, 4.69) is 34.2 Å². The second kappa shape index (κ2) is 7.03. The molecular formula is C15H16BrClFNS. The van der Waals surface area contributed by atoms with Crippen LogP contribution in [-0.2, 0) is 0 Å². The number of nitrogens with one attached hydrogen (secondary N) is 1. The average molecular weight is 377 g/mol. The number of rotatable bonds is 5. The fourth-order valence-electron chi connectivity index (χ4n) is 2.07. The Morgan fingerprint density at radius 2 is 2.20 bits per heavy atom. The number of hydrogen-bond acceptors (Lipinski definition) is 2. The Labute approximate surface area is 136 Å². The molecule has 1 unspecified atom stereocenters. The van der Waals surface area contributed by atoms with Gasteiger partial charge in [0, 0.05) is 19.8 Å². The molecule has 1 atom stereocenters. The summed E-state index contributed by atoms with van der Waals surface area (Å²) >= 11 is 11.1. The highest BCUT2D eigenvalue weighted by Gasteiger charge is 2.22. The summed E-state index contributed by atoms with van der Waals surface area (Å²) in [6.45, 7) is 4.96. The lowest BCUT2D eigenvalue weighted by atomic mass is 10.0. The summed E-state index contributed by atoms with van der Waals surface area (Å²) in [4.78, 5) is 2.27. The third kappa shape index (κ3) is 3.42. The van der Waals surface area contributed by atoms with Crippen LogP contribution in [-0.4, -0.2) is 6.54 Å². The molecule has 0 fully saturated rings. The van der Waals surface area contributed by atoms with E-state index in [-0.39, 0.29) is 16.9 Å². The van der Waals surface area contributed by atoms with E-state index >= 15 is 0 Å². The molecule has 0 radical (unpaired) electrons. The van der Waals surface area contributed by atoms with Crippen molar-refractivity contribution in [2.75, 3.05) is 6.54 Å². The summed E-state index contributed by atoms with van der Waals surface area (Å²) in [6.07, 6.45) is 0.987. The number of thiophene rings is 1. The minimum atomic E-state index is -0.347. The van der Waals surface area contributed by atoms with E-state index in [9.17, 15) is 4.39 Å². The molecule has 0 amide bonds. The minimum Gasteiger partial charge on any atom is -0.305 e. The number of benzene rings is 1. The zero-order valence-corrected chi connectivity index (χ0v) is 14.5. The summed E-state index contributed by atoms with van der Waals surface area (Å²) in [5, 5.41) is 3.57. The predicted molar refractivity (Wildman–Crippen MR) is 88.3 cm³/mol. The molecule has 0 spiro atoms. The first-order chi connectivity index (χ1) is 9.54. The van der Waals surface area contributed by atoms with Crippen molar-refractivity contribution >= 4 is 38.9 Å². The molecule has 0 aliphatic rings. The Bertz CT molecular complexity index is 600. The molecule has 20 heavy (non-hydrogen) atoms. The maximum absolute atomic E-state index is 14.3. The number of aryl methyl sites for hydroxylation is 1. The Hall–Kier alpha value is -0.420. The van der Waals surface area contributed by atoms with Crippen molar-refractivity contribution in [3.8, 4) is 0 Å². The second-order valence-corrected chi connectivity index (χ2v) is 7.15. The second-order valence-electron chi connectivity index (χ2n) is 4.60. The first kappa shape index (κ1) is 16.0. The highest BCUT2D eigenvalue weighted by molar-refractivity contribution is 9.10. The average Bonchev–Trinajstić information content (AvgIpc) is 2.74. The van der Waals surface area contributed by atoms with Gasteiger partial charge in [0.2, 0.25) is 0 Å². The largest absolute Gasteiger partial charge is 0.305 e. The molecule has 108 valence electrons. The van der Waals surface area contributed by atoms with Gasteiger partial charge in [0.05, 0.1) is 11.1 Å². The third-order valence-electron chi connectivity index (χ3n) is 2.99. The van der Waals surface area contributed by atoms with E-state index in [1.165, 1.54) is 4.88 Å². The Kier molecular flexibility index (Phi) is 5.61. The van der Waals surface area contributed by atoms with Crippen LogP contribution in [0.15, 0.2) is 28.7 Å². The summed E-state index contributed by atoms with van der Waals surface area (Å²) in [5.41, 5.74) is 0.591. The highest BCUT2D eigenvalue weighted by atomic mass is 79.9. The van der Waals surface area contributed by atoms with Crippen molar-refractivity contribution in [1.29, 1.82) is 0 Å². The lowest BCUT2D eigenvalue weighted by Gasteiger charge is -2.19. The van der Waals surface area contributed by atoms with Gasteiger partial charge in [0.1, 0.15) is 5.82 Å². The van der Waals surface area contributed by atoms with Gasteiger partial charge < -0.3 is 5.32 Å². The number of halogens is 3. The van der Waals surface area contributed by atoms with Crippen LogP contribution >= 0.6 is 38.9 Å². The normalized spacial score (nSPS) is 12.7. The molecule has 1 N–H and O–H groups in total. The lowest BCUT2D eigenvalue weighted by Crippen LogP contribution is -2.23. The zero-order chi connectivity index (χ0) is 14.7. The van der Waals surface area contributed by atoms with Gasteiger partial charge in [-0.2, -0.15) is 0 Å². The van der Waals surface area contributed by atoms with Crippen molar-refractivity contribution in [2.45, 2.75) is 26.3 Å². The molecule has 2 rings (SSSR count). The molecule has 5 heteroatoms. The lowest BCUT2D eigenvalue weighted by molar-refractivity contribution is 0.550. The summed E-state index contributed by atoms with van der Waals surface area (Å²) in [6, 6.07) is 7.03. The molecule has 1 heterocycles. The van der Waals surface area contributed by atoms with Gasteiger partial charge in [-0.25, -0.2) is 4.39 Å². The smallest absolute Gasteiger partial charge is 0.146 e. The van der Waals surface area contributed by atoms with Gasteiger partial charge in [-0.15, -0.1) is 11.3 Å². The van der Waals surface area contributed by atoms with Gasteiger partial charge in [0.25, 0.3) is 0 Å². The van der Waals surface area contributed by atoms with Crippen LogP contribution in [0.3, 0.4) is 0 Å². The third-order valence-corrected chi connectivity index (χ3v) is 5.32. The van der Waals surface area contributed by atoms with Crippen LogP contribution < -0.4 is 5.32 Å². The molecule has 1 nitrogen and oxygen atoms in total. The summed E-state index contributed by atoms with van der Waals surface area (Å²) in [5.74, 6) is -0.347. The first-order valence-electron chi connectivity index (χ1n) is 6.47. The Balaban J connectivity index is 2.47. The van der Waals surface area contributed by atoms with Crippen LogP contribution in [0.25, 0.3) is 0 Å². The Morgan fingerprint density at radius 1 is 1.45 bits per heavy atom. The van der Waals surface area contributed by atoms with E-state index in [0.29, 0.717) is 5.56 Å². The quantitative estimate of drug-likeness (QED) is 0.705. The van der Waals surface area contributed by atoms with Gasteiger partial charge >= 0.3 is 0 Å². The van der Waals surface area contributed by atoms with Crippen LogP contribution in [0.1, 0.15) is 34.7 Å². The minimum absolute atomic E-state index is 0.162. The zero-order valence-electron chi connectivity index (χ0n) is 11.3. The molecule has 0 aliphatic carbocycles. The van der Waals surface area contributed by atoms with Gasteiger partial charge in [-0.05, 0) is 48.0 Å². The van der Waals surface area contributed by atoms with E-state index in [1.54, 1.807) is 29.5 Å². The van der Waals surface area contributed by atoms with Crippen LogP contribution in [0.5, 0.6) is 0 Å². The topological polar surface area (TPSA) is 12.0 Å². The predicted octanol–water partition coefficient (Wildman–Crippen LogP) is 5.70. The first-order valence-corrected chi connectivity index (χ1v) is 8.46. The van der Waals surface area contributed by atoms with E-state index in [0.717, 1.165) is 22.3 Å². The van der Waals surface area contributed by atoms with Crippen LogP contribution in [0, 0.1) is 12.7 Å². The fourth-order valence-corrected chi connectivity index (χ4v) is 4.23. The maximum Gasteiger partial charge on any atom is 0.146 e. The van der Waals surface area contributed by atoms with E-state index < -0.39 is 0 Å². The monoisotopic (exact) mass is 375 g/mol. The van der Waals surface area contributed by atoms with Crippen molar-refractivity contribution in [3.05, 3.63) is 54.9 Å². The van der Waals surface area contributed by atoms with E-state index in [1.807, 2.05) is 6.92 Å². The molecule has 1 aromatic carbocycles. The maximum atomic E-state index is 14.3. The molecule has 2 aromatic rings. The van der Waals surface area contributed by atoms with Gasteiger partial charge in [-0.3, -0.25) is 0 Å². The van der Waals surface area contributed by atoms with Gasteiger partial charge in [-0.1, -0.05) is 30.7 Å². The Morgan fingerprint density at radius 3 is 2.80 bits per heavy atom. The van der Waals surface area contributed by atoms with Crippen LogP contribution in [0.2, 0.25) is 5.02 Å². The van der Waals surface area contributed by atoms with Crippen molar-refractivity contribution in [2.24, 2.45) is 0 Å². The standard InChI is InChI=1S/C15H16BrClFNS/c1-3-7-19-14(15-11(16)8-9(2)20-15)10-5-4-6-12(17)13(10)18/h4-6,8,14,19H,3,7H2,1-2H3. The number of hydrogen-bond donors (Lipinski definition) is 1. The van der Waals surface area contributed by atoms with E-state index in [4.69, 9.17) is 11.6 Å². The molecule has 0 bridgehead atoms. The summed E-state index contributed by atoms with van der Waals surface area (Å²) < 4.78 is 15.3. The fraction of sp³-hybridized carbons (Fsp3) is 0.333. The van der Waals surface area contributed by atoms with Crippen molar-refractivity contribution in [1.82, 2.24) is 5.32 Å². The van der Waals surface area contributed by atoms with Crippen molar-refractivity contribution < 1.29 is 4.39 Å². The SMILES string of the molecule is CCCNC(c1cccc(Cl)c1F)c1sc(C)cc1Br. The molecule has 1 aromatic heterocycles. The molecule has 0 saturated heterocycles. The molecule has 0 saturated carbocycles. The van der Waals surface area contributed by atoms with Gasteiger partial charge in [0.15, 0.2) is 0 Å². The summed E-state index contributed by atoms with van der Waals surface area (Å²) in [7, 11) is 0. The highest BCUT2D eigenvalue weighted by Crippen LogP contribution is 2.37.